The highest BCUT2D eigenvalue weighted by Gasteiger charge is 2.18. The molecule has 2 nitrogen and oxygen atoms in total. The number of nitriles is 1. The first-order valence-corrected chi connectivity index (χ1v) is 5.63. The van der Waals surface area contributed by atoms with Gasteiger partial charge in [-0.15, -0.1) is 0 Å². The van der Waals surface area contributed by atoms with Crippen molar-refractivity contribution in [3.05, 3.63) is 59.2 Å². The number of nitrogens with zero attached hydrogens (tertiary/aromatic N) is 1. The second kappa shape index (κ2) is 4.80. The molecule has 0 heterocycles. The molecule has 0 bridgehead atoms. The van der Waals surface area contributed by atoms with Gasteiger partial charge in [-0.1, -0.05) is 43.3 Å². The highest BCUT2D eigenvalue weighted by molar-refractivity contribution is 6.09. The van der Waals surface area contributed by atoms with Crippen LogP contribution in [-0.4, -0.2) is 5.78 Å². The smallest absolute Gasteiger partial charge is 0.189 e. The van der Waals surface area contributed by atoms with Crippen LogP contribution in [0.1, 0.15) is 23.7 Å². The van der Waals surface area contributed by atoms with E-state index in [1.165, 1.54) is 0 Å². The molecule has 0 aliphatic heterocycles. The van der Waals surface area contributed by atoms with E-state index in [1.54, 1.807) is 18.2 Å². The Bertz CT molecular complexity index is 532. The Kier molecular flexibility index (Phi) is 3.20. The average molecular weight is 223 g/mol. The molecule has 0 spiro atoms. The molecule has 0 radical (unpaired) electrons. The van der Waals surface area contributed by atoms with Gasteiger partial charge < -0.3 is 0 Å². The lowest BCUT2D eigenvalue weighted by atomic mass is 9.88. The molecule has 1 aromatic rings. The molecule has 0 N–H and O–H groups in total. The molecule has 0 saturated carbocycles. The summed E-state index contributed by atoms with van der Waals surface area (Å²) in [5.74, 6) is 0.274. The van der Waals surface area contributed by atoms with Crippen molar-refractivity contribution in [3.63, 3.8) is 0 Å². The summed E-state index contributed by atoms with van der Waals surface area (Å²) in [5.41, 5.74) is 2.00. The Labute approximate surface area is 101 Å². The first-order chi connectivity index (χ1) is 8.20. The maximum atomic E-state index is 12.2. The third kappa shape index (κ3) is 2.51. The van der Waals surface area contributed by atoms with Crippen LogP contribution in [0.2, 0.25) is 0 Å². The van der Waals surface area contributed by atoms with Crippen molar-refractivity contribution in [2.24, 2.45) is 5.92 Å². The van der Waals surface area contributed by atoms with E-state index in [2.05, 4.69) is 6.07 Å². The Balaban J connectivity index is 2.31. The highest BCUT2D eigenvalue weighted by Crippen LogP contribution is 2.24. The predicted octanol–water partition coefficient (Wildman–Crippen LogP) is 3.29. The minimum absolute atomic E-state index is 0.0262. The SMILES string of the molecule is CC1C=C(C#N)C=C(C(=O)c2ccccc2)C1. The van der Waals surface area contributed by atoms with Crippen molar-refractivity contribution in [1.29, 1.82) is 5.26 Å². The van der Waals surface area contributed by atoms with E-state index in [-0.39, 0.29) is 11.7 Å². The summed E-state index contributed by atoms with van der Waals surface area (Å²) in [6.07, 6.45) is 4.32. The van der Waals surface area contributed by atoms with Crippen LogP contribution in [0.15, 0.2) is 53.6 Å². The fraction of sp³-hybridized carbons (Fsp3) is 0.200. The predicted molar refractivity (Wildman–Crippen MR) is 66.3 cm³/mol. The van der Waals surface area contributed by atoms with Gasteiger partial charge in [-0.25, -0.2) is 0 Å². The Morgan fingerprint density at radius 2 is 2.06 bits per heavy atom. The molecule has 1 atom stereocenters. The van der Waals surface area contributed by atoms with E-state index < -0.39 is 0 Å². The van der Waals surface area contributed by atoms with E-state index in [4.69, 9.17) is 5.26 Å². The molecule has 1 aliphatic rings. The van der Waals surface area contributed by atoms with Crippen LogP contribution >= 0.6 is 0 Å². The number of Topliss-reactive ketones (excluding diaryl/α,β-unsaturated/α-hetero) is 1. The number of ketones is 1. The van der Waals surface area contributed by atoms with Gasteiger partial charge in [-0.3, -0.25) is 4.79 Å². The third-order valence-electron chi connectivity index (χ3n) is 2.79. The van der Waals surface area contributed by atoms with E-state index in [0.717, 1.165) is 5.57 Å². The van der Waals surface area contributed by atoms with Gasteiger partial charge in [0.05, 0.1) is 6.07 Å². The Hall–Kier alpha value is -2.14. The lowest BCUT2D eigenvalue weighted by molar-refractivity contribution is 0.102. The minimum atomic E-state index is 0.0262. The average Bonchev–Trinajstić information content (AvgIpc) is 2.38. The van der Waals surface area contributed by atoms with Crippen molar-refractivity contribution >= 4 is 5.78 Å². The molecular weight excluding hydrogens is 210 g/mol. The number of benzene rings is 1. The number of hydrogen-bond donors (Lipinski definition) is 0. The van der Waals surface area contributed by atoms with E-state index in [0.29, 0.717) is 17.6 Å². The molecule has 0 amide bonds. The number of rotatable bonds is 2. The van der Waals surface area contributed by atoms with E-state index in [1.807, 2.05) is 31.2 Å². The number of hydrogen-bond acceptors (Lipinski definition) is 2. The first-order valence-electron chi connectivity index (χ1n) is 5.63. The summed E-state index contributed by atoms with van der Waals surface area (Å²) in [4.78, 5) is 12.2. The Morgan fingerprint density at radius 3 is 2.71 bits per heavy atom. The monoisotopic (exact) mass is 223 g/mol. The fourth-order valence-electron chi connectivity index (χ4n) is 2.01. The maximum Gasteiger partial charge on any atom is 0.189 e. The summed E-state index contributed by atoms with van der Waals surface area (Å²) in [6.45, 7) is 2.02. The van der Waals surface area contributed by atoms with Gasteiger partial charge in [0.2, 0.25) is 0 Å². The number of carbonyl (C=O) groups excluding carboxylic acids is 1. The summed E-state index contributed by atoms with van der Waals surface area (Å²) in [5, 5.41) is 8.90. The summed E-state index contributed by atoms with van der Waals surface area (Å²) in [7, 11) is 0. The quantitative estimate of drug-likeness (QED) is 0.722. The highest BCUT2D eigenvalue weighted by atomic mass is 16.1. The van der Waals surface area contributed by atoms with Crippen LogP contribution < -0.4 is 0 Å². The van der Waals surface area contributed by atoms with Crippen LogP contribution in [0, 0.1) is 17.2 Å². The summed E-state index contributed by atoms with van der Waals surface area (Å²) < 4.78 is 0. The van der Waals surface area contributed by atoms with Gasteiger partial charge in [0.15, 0.2) is 5.78 Å². The Morgan fingerprint density at radius 1 is 1.35 bits per heavy atom. The zero-order valence-corrected chi connectivity index (χ0v) is 9.68. The molecular formula is C15H13NO. The van der Waals surface area contributed by atoms with Crippen molar-refractivity contribution in [1.82, 2.24) is 0 Å². The zero-order valence-electron chi connectivity index (χ0n) is 9.68. The topological polar surface area (TPSA) is 40.9 Å². The molecule has 1 unspecified atom stereocenters. The molecule has 0 fully saturated rings. The first kappa shape index (κ1) is 11.3. The van der Waals surface area contributed by atoms with Gasteiger partial charge in [0.25, 0.3) is 0 Å². The molecule has 2 heteroatoms. The summed E-state index contributed by atoms with van der Waals surface area (Å²) >= 11 is 0. The van der Waals surface area contributed by atoms with Crippen molar-refractivity contribution in [3.8, 4) is 6.07 Å². The van der Waals surface area contributed by atoms with Crippen LogP contribution in [0.5, 0.6) is 0 Å². The van der Waals surface area contributed by atoms with Gasteiger partial charge in [0, 0.05) is 16.7 Å². The second-order valence-electron chi connectivity index (χ2n) is 4.28. The summed E-state index contributed by atoms with van der Waals surface area (Å²) in [6, 6.07) is 11.3. The van der Waals surface area contributed by atoms with Crippen LogP contribution in [0.25, 0.3) is 0 Å². The number of carbonyl (C=O) groups is 1. The van der Waals surface area contributed by atoms with Crippen molar-refractivity contribution < 1.29 is 4.79 Å². The standard InChI is InChI=1S/C15H13NO/c1-11-7-12(10-16)9-14(8-11)15(17)13-5-3-2-4-6-13/h2-7,9,11H,8H2,1H3. The zero-order chi connectivity index (χ0) is 12.3. The lowest BCUT2D eigenvalue weighted by Gasteiger charge is -2.15. The molecule has 0 aromatic heterocycles. The molecule has 0 saturated heterocycles. The van der Waals surface area contributed by atoms with Gasteiger partial charge in [-0.05, 0) is 18.4 Å². The van der Waals surface area contributed by atoms with E-state index in [9.17, 15) is 4.79 Å². The molecule has 1 aliphatic carbocycles. The number of allylic oxidation sites excluding steroid dienone is 4. The normalized spacial score (nSPS) is 18.9. The molecule has 2 rings (SSSR count). The van der Waals surface area contributed by atoms with Gasteiger partial charge >= 0.3 is 0 Å². The van der Waals surface area contributed by atoms with Gasteiger partial charge in [-0.2, -0.15) is 5.26 Å². The maximum absolute atomic E-state index is 12.2. The fourth-order valence-corrected chi connectivity index (χ4v) is 2.01. The minimum Gasteiger partial charge on any atom is -0.289 e. The largest absolute Gasteiger partial charge is 0.289 e. The van der Waals surface area contributed by atoms with Crippen molar-refractivity contribution in [2.75, 3.05) is 0 Å². The van der Waals surface area contributed by atoms with Crippen LogP contribution in [-0.2, 0) is 0 Å². The van der Waals surface area contributed by atoms with Crippen LogP contribution in [0.4, 0.5) is 0 Å². The lowest BCUT2D eigenvalue weighted by Crippen LogP contribution is -2.10. The van der Waals surface area contributed by atoms with Gasteiger partial charge in [0.1, 0.15) is 0 Å². The van der Waals surface area contributed by atoms with E-state index >= 15 is 0 Å². The van der Waals surface area contributed by atoms with Crippen molar-refractivity contribution in [2.45, 2.75) is 13.3 Å². The third-order valence-corrected chi connectivity index (χ3v) is 2.79. The van der Waals surface area contributed by atoms with Crippen LogP contribution in [0.3, 0.4) is 0 Å². The second-order valence-corrected chi connectivity index (χ2v) is 4.28. The molecule has 1 aromatic carbocycles. The molecule has 17 heavy (non-hydrogen) atoms. The molecule has 84 valence electrons.